The molecule has 2 aliphatic heterocycles. The van der Waals surface area contributed by atoms with E-state index in [4.69, 9.17) is 9.84 Å². The van der Waals surface area contributed by atoms with Crippen LogP contribution in [0.25, 0.3) is 11.0 Å². The Labute approximate surface area is 204 Å². The van der Waals surface area contributed by atoms with Crippen molar-refractivity contribution in [1.82, 2.24) is 20.3 Å². The molecule has 0 bridgehead atoms. The summed E-state index contributed by atoms with van der Waals surface area (Å²) in [5.41, 5.74) is 2.49. The lowest BCUT2D eigenvalue weighted by molar-refractivity contribution is -0.125. The van der Waals surface area contributed by atoms with Crippen molar-refractivity contribution >= 4 is 28.9 Å². The maximum atomic E-state index is 12.7. The molecule has 36 heavy (non-hydrogen) atoms. The monoisotopic (exact) mass is 483 g/mol. The molecule has 1 fully saturated rings. The number of carbonyl (C=O) groups is 2. The first-order valence-corrected chi connectivity index (χ1v) is 11.5. The first-order valence-electron chi connectivity index (χ1n) is 11.5. The number of nitrogens with one attached hydrogen (secondary N) is 2. The fraction of sp³-hybridized carbons (Fsp3) is 0.192. The summed E-state index contributed by atoms with van der Waals surface area (Å²) in [7, 11) is 0. The van der Waals surface area contributed by atoms with Crippen molar-refractivity contribution in [2.45, 2.75) is 13.0 Å². The first-order chi connectivity index (χ1) is 17.5. The Balaban J connectivity index is 1.07. The Morgan fingerprint density at radius 2 is 1.94 bits per heavy atom. The van der Waals surface area contributed by atoms with Crippen molar-refractivity contribution in [3.8, 4) is 11.5 Å². The highest BCUT2D eigenvalue weighted by Gasteiger charge is 2.34. The van der Waals surface area contributed by atoms with Crippen LogP contribution in [0.2, 0.25) is 0 Å². The van der Waals surface area contributed by atoms with E-state index in [1.165, 1.54) is 6.20 Å². The molecule has 0 unspecified atom stereocenters. The summed E-state index contributed by atoms with van der Waals surface area (Å²) in [6, 6.07) is 13.9. The Kier molecular flexibility index (Phi) is 5.14. The molecular formula is C26H21N5O5. The van der Waals surface area contributed by atoms with Crippen molar-refractivity contribution in [1.29, 1.82) is 0 Å². The minimum Gasteiger partial charge on any atom is -0.477 e. The van der Waals surface area contributed by atoms with Gasteiger partial charge in [0.2, 0.25) is 17.3 Å². The molecule has 0 aliphatic carbocycles. The van der Waals surface area contributed by atoms with Crippen LogP contribution in [0.5, 0.6) is 11.5 Å². The third kappa shape index (κ3) is 3.82. The van der Waals surface area contributed by atoms with Crippen molar-refractivity contribution in [2.24, 2.45) is 5.92 Å². The van der Waals surface area contributed by atoms with E-state index in [1.807, 2.05) is 35.2 Å². The summed E-state index contributed by atoms with van der Waals surface area (Å²) < 4.78 is 5.98. The zero-order chi connectivity index (χ0) is 24.8. The fourth-order valence-electron chi connectivity index (χ4n) is 4.51. The number of hydrogen-bond acceptors (Lipinski definition) is 7. The van der Waals surface area contributed by atoms with E-state index >= 15 is 0 Å². The number of H-pyrrole nitrogens is 1. The molecule has 2 aromatic carbocycles. The van der Waals surface area contributed by atoms with E-state index in [0.29, 0.717) is 25.6 Å². The Morgan fingerprint density at radius 3 is 2.78 bits per heavy atom. The Hall–Kier alpha value is -4.73. The number of ether oxygens (including phenoxy) is 1. The van der Waals surface area contributed by atoms with Crippen LogP contribution < -0.4 is 20.4 Å². The zero-order valence-corrected chi connectivity index (χ0v) is 19.0. The number of nitrogens with zero attached hydrogens (tertiary/aromatic N) is 3. The highest BCUT2D eigenvalue weighted by Crippen LogP contribution is 2.36. The van der Waals surface area contributed by atoms with Crippen LogP contribution in [0.3, 0.4) is 0 Å². The predicted octanol–water partition coefficient (Wildman–Crippen LogP) is 2.47. The van der Waals surface area contributed by atoms with Crippen LogP contribution >= 0.6 is 0 Å². The van der Waals surface area contributed by atoms with Gasteiger partial charge in [0.15, 0.2) is 0 Å². The standard InChI is InChI=1S/C26H21N5O5/c32-22-18-10-29-26(30-23(18)27-11-19(22)25(34)35)31-12-17(13-31)24(33)28-9-14-5-6-21-16(7-14)8-15-3-1-2-4-20(15)36-21/h1-7,10-11,17H,8-9,12-13H2,(H,28,33)(H,34,35)(H,27,29,30,32). The first kappa shape index (κ1) is 21.8. The largest absolute Gasteiger partial charge is 0.477 e. The summed E-state index contributed by atoms with van der Waals surface area (Å²) in [5.74, 6) is 0.534. The average molecular weight is 483 g/mol. The molecule has 0 spiro atoms. The van der Waals surface area contributed by atoms with Crippen LogP contribution in [-0.2, 0) is 17.8 Å². The zero-order valence-electron chi connectivity index (χ0n) is 19.0. The van der Waals surface area contributed by atoms with Gasteiger partial charge in [-0.05, 0) is 34.9 Å². The molecule has 180 valence electrons. The molecular weight excluding hydrogens is 462 g/mol. The second-order valence-electron chi connectivity index (χ2n) is 8.92. The molecule has 2 aromatic heterocycles. The van der Waals surface area contributed by atoms with E-state index in [9.17, 15) is 14.4 Å². The van der Waals surface area contributed by atoms with Crippen LogP contribution in [0.15, 0.2) is 59.7 Å². The lowest BCUT2D eigenvalue weighted by atomic mass is 9.98. The number of aromatic carboxylic acids is 1. The topological polar surface area (TPSA) is 138 Å². The summed E-state index contributed by atoms with van der Waals surface area (Å²) in [6.45, 7) is 1.32. The number of rotatable bonds is 5. The minimum absolute atomic E-state index is 0.0501. The molecule has 10 heteroatoms. The molecule has 0 radical (unpaired) electrons. The number of benzene rings is 2. The minimum atomic E-state index is -1.31. The van der Waals surface area contributed by atoms with Gasteiger partial charge in [0.05, 0.1) is 11.3 Å². The van der Waals surface area contributed by atoms with Crippen molar-refractivity contribution in [3.63, 3.8) is 0 Å². The molecule has 6 rings (SSSR count). The number of anilines is 1. The van der Waals surface area contributed by atoms with E-state index in [2.05, 4.69) is 32.4 Å². The summed E-state index contributed by atoms with van der Waals surface area (Å²) in [4.78, 5) is 49.2. The summed E-state index contributed by atoms with van der Waals surface area (Å²) >= 11 is 0. The average Bonchev–Trinajstić information content (AvgIpc) is 2.85. The van der Waals surface area contributed by atoms with Crippen LogP contribution in [0.1, 0.15) is 27.0 Å². The molecule has 0 atom stereocenters. The van der Waals surface area contributed by atoms with Gasteiger partial charge in [-0.3, -0.25) is 9.59 Å². The maximum absolute atomic E-state index is 12.7. The van der Waals surface area contributed by atoms with Crippen molar-refractivity contribution in [2.75, 3.05) is 18.0 Å². The fourth-order valence-corrected chi connectivity index (χ4v) is 4.51. The van der Waals surface area contributed by atoms with Gasteiger partial charge in [-0.15, -0.1) is 0 Å². The van der Waals surface area contributed by atoms with Gasteiger partial charge in [0, 0.05) is 38.4 Å². The number of amides is 1. The molecule has 1 saturated heterocycles. The van der Waals surface area contributed by atoms with E-state index in [0.717, 1.165) is 40.8 Å². The highest BCUT2D eigenvalue weighted by atomic mass is 16.5. The van der Waals surface area contributed by atoms with Gasteiger partial charge in [-0.2, -0.15) is 4.98 Å². The summed E-state index contributed by atoms with van der Waals surface area (Å²) in [6.07, 6.45) is 3.23. The highest BCUT2D eigenvalue weighted by molar-refractivity contribution is 5.91. The van der Waals surface area contributed by atoms with Crippen molar-refractivity contribution < 1.29 is 19.4 Å². The quantitative estimate of drug-likeness (QED) is 0.347. The second kappa shape index (κ2) is 8.49. The molecule has 1 amide bonds. The van der Waals surface area contributed by atoms with Gasteiger partial charge >= 0.3 is 5.97 Å². The summed E-state index contributed by atoms with van der Waals surface area (Å²) in [5, 5.41) is 12.2. The van der Waals surface area contributed by atoms with Crippen molar-refractivity contribution in [3.05, 3.63) is 87.3 Å². The third-order valence-electron chi connectivity index (χ3n) is 6.55. The molecule has 4 heterocycles. The van der Waals surface area contributed by atoms with Crippen LogP contribution in [0.4, 0.5) is 5.95 Å². The molecule has 10 nitrogen and oxygen atoms in total. The third-order valence-corrected chi connectivity index (χ3v) is 6.55. The van der Waals surface area contributed by atoms with Crippen LogP contribution in [0, 0.1) is 5.92 Å². The number of hydrogen-bond donors (Lipinski definition) is 3. The van der Waals surface area contributed by atoms with Gasteiger partial charge in [0.1, 0.15) is 22.7 Å². The van der Waals surface area contributed by atoms with Gasteiger partial charge in [-0.25, -0.2) is 9.78 Å². The molecule has 3 N–H and O–H groups in total. The van der Waals surface area contributed by atoms with Gasteiger partial charge in [-0.1, -0.05) is 24.3 Å². The van der Waals surface area contributed by atoms with Gasteiger partial charge in [0.25, 0.3) is 0 Å². The maximum Gasteiger partial charge on any atom is 0.341 e. The molecule has 0 saturated carbocycles. The number of fused-ring (bicyclic) bond motifs is 3. The Bertz CT molecular complexity index is 1590. The number of aromatic amines is 1. The SMILES string of the molecule is O=C(O)c1c[nH]c2nc(N3CC(C(=O)NCc4ccc5c(c4)Cc4ccccc4O5)C3)ncc2c1=O. The number of carbonyl (C=O) groups excluding carboxylic acids is 1. The number of carboxylic acid groups (broad SMARTS) is 1. The lowest BCUT2D eigenvalue weighted by Gasteiger charge is -2.38. The lowest BCUT2D eigenvalue weighted by Crippen LogP contribution is -2.54. The normalized spacial score (nSPS) is 14.4. The predicted molar refractivity (Wildman–Crippen MR) is 130 cm³/mol. The van der Waals surface area contributed by atoms with E-state index in [1.54, 1.807) is 0 Å². The van der Waals surface area contributed by atoms with Crippen LogP contribution in [-0.4, -0.2) is 45.0 Å². The van der Waals surface area contributed by atoms with E-state index < -0.39 is 11.4 Å². The van der Waals surface area contributed by atoms with Gasteiger partial charge < -0.3 is 25.0 Å². The number of para-hydroxylation sites is 1. The smallest absolute Gasteiger partial charge is 0.341 e. The molecule has 2 aliphatic rings. The van der Waals surface area contributed by atoms with E-state index in [-0.39, 0.29) is 28.4 Å². The molecule has 4 aromatic rings. The number of carboxylic acids is 1. The number of aromatic nitrogens is 3. The number of pyridine rings is 1. The second-order valence-corrected chi connectivity index (χ2v) is 8.92. The Morgan fingerprint density at radius 1 is 1.14 bits per heavy atom.